The van der Waals surface area contributed by atoms with Crippen molar-refractivity contribution in [3.63, 3.8) is 0 Å². The Morgan fingerprint density at radius 2 is 1.86 bits per heavy atom. The number of hydrogen-bond acceptors (Lipinski definition) is 4. The highest BCUT2D eigenvalue weighted by molar-refractivity contribution is 5.95. The van der Waals surface area contributed by atoms with Gasteiger partial charge in [-0.15, -0.1) is 0 Å². The van der Waals surface area contributed by atoms with Crippen LogP contribution in [0.4, 0.5) is 0 Å². The van der Waals surface area contributed by atoms with Gasteiger partial charge in [0, 0.05) is 25.2 Å². The average molecular weight is 397 g/mol. The number of carbonyl (C=O) groups is 1. The number of piperidine rings is 1. The van der Waals surface area contributed by atoms with Gasteiger partial charge in [-0.1, -0.05) is 30.3 Å². The zero-order valence-electron chi connectivity index (χ0n) is 17.8. The normalized spacial score (nSPS) is 17.0. The van der Waals surface area contributed by atoms with Crippen LogP contribution in [0, 0.1) is 5.92 Å². The van der Waals surface area contributed by atoms with Crippen molar-refractivity contribution >= 4 is 5.91 Å². The zero-order chi connectivity index (χ0) is 20.6. The van der Waals surface area contributed by atoms with Crippen molar-refractivity contribution in [2.75, 3.05) is 47.4 Å². The number of nitrogens with zero attached hydrogens (tertiary/aromatic N) is 2. The number of rotatable bonds is 8. The highest BCUT2D eigenvalue weighted by Gasteiger charge is 2.24. The number of carbonyl (C=O) groups excluding carboxylic acids is 1. The molecule has 5 nitrogen and oxygen atoms in total. The summed E-state index contributed by atoms with van der Waals surface area (Å²) in [5.74, 6) is 1.77. The molecule has 1 aliphatic heterocycles. The molecule has 1 heterocycles. The minimum atomic E-state index is 0.0510. The van der Waals surface area contributed by atoms with Crippen LogP contribution in [0.1, 0.15) is 28.8 Å². The SMILES string of the molecule is COc1ccc(C(=O)N(CCc2ccccc2)CC2CCCN(C)C2)cc1OC. The molecule has 0 aliphatic carbocycles. The third-order valence-corrected chi connectivity index (χ3v) is 5.63. The molecule has 0 spiro atoms. The molecule has 3 rings (SSSR count). The minimum Gasteiger partial charge on any atom is -0.493 e. The largest absolute Gasteiger partial charge is 0.493 e. The highest BCUT2D eigenvalue weighted by atomic mass is 16.5. The molecule has 0 aromatic heterocycles. The molecule has 5 heteroatoms. The smallest absolute Gasteiger partial charge is 0.254 e. The van der Waals surface area contributed by atoms with E-state index in [1.165, 1.54) is 18.4 Å². The van der Waals surface area contributed by atoms with Gasteiger partial charge >= 0.3 is 0 Å². The van der Waals surface area contributed by atoms with E-state index in [0.717, 1.165) is 26.1 Å². The molecular weight excluding hydrogens is 364 g/mol. The molecule has 0 saturated carbocycles. The second-order valence-corrected chi connectivity index (χ2v) is 7.83. The molecule has 2 aromatic rings. The van der Waals surface area contributed by atoms with Gasteiger partial charge in [0.05, 0.1) is 14.2 Å². The van der Waals surface area contributed by atoms with Crippen LogP contribution in [-0.4, -0.2) is 63.2 Å². The van der Waals surface area contributed by atoms with Gasteiger partial charge in [-0.2, -0.15) is 0 Å². The van der Waals surface area contributed by atoms with Crippen LogP contribution in [0.25, 0.3) is 0 Å². The van der Waals surface area contributed by atoms with Crippen molar-refractivity contribution in [1.82, 2.24) is 9.80 Å². The first-order chi connectivity index (χ1) is 14.1. The quantitative estimate of drug-likeness (QED) is 0.682. The third kappa shape index (κ3) is 5.73. The van der Waals surface area contributed by atoms with Crippen LogP contribution < -0.4 is 9.47 Å². The molecular formula is C24H32N2O3. The first-order valence-corrected chi connectivity index (χ1v) is 10.3. The molecule has 1 fully saturated rings. The Kier molecular flexibility index (Phi) is 7.53. The lowest BCUT2D eigenvalue weighted by molar-refractivity contribution is 0.0693. The van der Waals surface area contributed by atoms with Gasteiger partial charge in [-0.3, -0.25) is 4.79 Å². The van der Waals surface area contributed by atoms with Crippen molar-refractivity contribution < 1.29 is 14.3 Å². The summed E-state index contributed by atoms with van der Waals surface area (Å²) in [5, 5.41) is 0. The molecule has 1 aliphatic rings. The standard InChI is InChI=1S/C24H32N2O3/c1-25-14-7-10-20(17-25)18-26(15-13-19-8-5-4-6-9-19)24(27)21-11-12-22(28-2)23(16-21)29-3/h4-6,8-9,11-12,16,20H,7,10,13-15,17-18H2,1-3H3. The summed E-state index contributed by atoms with van der Waals surface area (Å²) in [4.78, 5) is 17.8. The van der Waals surface area contributed by atoms with E-state index in [9.17, 15) is 4.79 Å². The molecule has 1 atom stereocenters. The van der Waals surface area contributed by atoms with Gasteiger partial charge in [0.2, 0.25) is 0 Å². The molecule has 1 unspecified atom stereocenters. The summed E-state index contributed by atoms with van der Waals surface area (Å²) in [6.07, 6.45) is 3.21. The molecule has 0 bridgehead atoms. The van der Waals surface area contributed by atoms with Crippen molar-refractivity contribution in [2.45, 2.75) is 19.3 Å². The first-order valence-electron chi connectivity index (χ1n) is 10.3. The van der Waals surface area contributed by atoms with E-state index in [1.807, 2.05) is 29.2 Å². The fourth-order valence-electron chi connectivity index (χ4n) is 4.07. The van der Waals surface area contributed by atoms with E-state index in [4.69, 9.17) is 9.47 Å². The van der Waals surface area contributed by atoms with Crippen molar-refractivity contribution in [3.05, 3.63) is 59.7 Å². The van der Waals surface area contributed by atoms with Crippen molar-refractivity contribution in [3.8, 4) is 11.5 Å². The minimum absolute atomic E-state index is 0.0510. The average Bonchev–Trinajstić information content (AvgIpc) is 2.76. The molecule has 2 aromatic carbocycles. The molecule has 1 amide bonds. The van der Waals surface area contributed by atoms with Crippen LogP contribution in [0.5, 0.6) is 11.5 Å². The Labute approximate surface area is 174 Å². The Hall–Kier alpha value is -2.53. The Morgan fingerprint density at radius 3 is 2.55 bits per heavy atom. The van der Waals surface area contributed by atoms with Gasteiger partial charge in [-0.25, -0.2) is 0 Å². The van der Waals surface area contributed by atoms with Crippen LogP contribution in [0.15, 0.2) is 48.5 Å². The summed E-state index contributed by atoms with van der Waals surface area (Å²) in [6.45, 7) is 3.67. The monoisotopic (exact) mass is 396 g/mol. The summed E-state index contributed by atoms with van der Waals surface area (Å²) in [7, 11) is 5.36. The van der Waals surface area contributed by atoms with E-state index in [1.54, 1.807) is 26.4 Å². The zero-order valence-corrected chi connectivity index (χ0v) is 17.8. The fourth-order valence-corrected chi connectivity index (χ4v) is 4.07. The number of likely N-dealkylation sites (tertiary alicyclic amines) is 1. The molecule has 1 saturated heterocycles. The van der Waals surface area contributed by atoms with Crippen LogP contribution >= 0.6 is 0 Å². The van der Waals surface area contributed by atoms with Crippen LogP contribution in [-0.2, 0) is 6.42 Å². The Morgan fingerprint density at radius 1 is 1.10 bits per heavy atom. The van der Waals surface area contributed by atoms with Crippen molar-refractivity contribution in [1.29, 1.82) is 0 Å². The van der Waals surface area contributed by atoms with E-state index in [2.05, 4.69) is 24.1 Å². The number of methoxy groups -OCH3 is 2. The second-order valence-electron chi connectivity index (χ2n) is 7.83. The van der Waals surface area contributed by atoms with Gasteiger partial charge in [0.25, 0.3) is 5.91 Å². The lowest BCUT2D eigenvalue weighted by Gasteiger charge is -2.34. The van der Waals surface area contributed by atoms with E-state index >= 15 is 0 Å². The molecule has 29 heavy (non-hydrogen) atoms. The summed E-state index contributed by atoms with van der Waals surface area (Å²) in [5.41, 5.74) is 1.89. The van der Waals surface area contributed by atoms with Crippen molar-refractivity contribution in [2.24, 2.45) is 5.92 Å². The summed E-state index contributed by atoms with van der Waals surface area (Å²) >= 11 is 0. The van der Waals surface area contributed by atoms with Gasteiger partial charge < -0.3 is 19.3 Å². The lowest BCUT2D eigenvalue weighted by Crippen LogP contribution is -2.42. The Bertz CT molecular complexity index is 794. The van der Waals surface area contributed by atoms with E-state index < -0.39 is 0 Å². The van der Waals surface area contributed by atoms with Gasteiger partial charge in [0.1, 0.15) is 0 Å². The second kappa shape index (κ2) is 10.3. The number of amides is 1. The van der Waals surface area contributed by atoms with Crippen LogP contribution in [0.2, 0.25) is 0 Å². The maximum Gasteiger partial charge on any atom is 0.254 e. The van der Waals surface area contributed by atoms with E-state index in [-0.39, 0.29) is 5.91 Å². The Balaban J connectivity index is 1.77. The predicted molar refractivity (Wildman–Crippen MR) is 116 cm³/mol. The maximum atomic E-state index is 13.4. The van der Waals surface area contributed by atoms with E-state index in [0.29, 0.717) is 29.5 Å². The summed E-state index contributed by atoms with van der Waals surface area (Å²) < 4.78 is 10.7. The highest BCUT2D eigenvalue weighted by Crippen LogP contribution is 2.28. The first kappa shape index (κ1) is 21.2. The topological polar surface area (TPSA) is 42.0 Å². The lowest BCUT2D eigenvalue weighted by atomic mass is 9.97. The molecule has 0 radical (unpaired) electrons. The molecule has 156 valence electrons. The number of hydrogen-bond donors (Lipinski definition) is 0. The number of ether oxygens (including phenoxy) is 2. The maximum absolute atomic E-state index is 13.4. The van der Waals surface area contributed by atoms with Gasteiger partial charge in [-0.05, 0) is 62.5 Å². The predicted octanol–water partition coefficient (Wildman–Crippen LogP) is 3.73. The fraction of sp³-hybridized carbons (Fsp3) is 0.458. The number of benzene rings is 2. The summed E-state index contributed by atoms with van der Waals surface area (Å²) in [6, 6.07) is 15.8. The van der Waals surface area contributed by atoms with Gasteiger partial charge in [0.15, 0.2) is 11.5 Å². The van der Waals surface area contributed by atoms with Crippen LogP contribution in [0.3, 0.4) is 0 Å². The third-order valence-electron chi connectivity index (χ3n) is 5.63. The molecule has 0 N–H and O–H groups in total.